The maximum Gasteiger partial charge on any atom is 0.257 e. The molecular formula is C21H23N3O4S. The molecule has 0 saturated carbocycles. The van der Waals surface area contributed by atoms with E-state index in [-0.39, 0.29) is 17.9 Å². The number of hydrogen-bond donors (Lipinski definition) is 2. The Morgan fingerprint density at radius 2 is 1.72 bits per heavy atom. The highest BCUT2D eigenvalue weighted by molar-refractivity contribution is 8.14. The third kappa shape index (κ3) is 5.74. The molecule has 0 radical (unpaired) electrons. The summed E-state index contributed by atoms with van der Waals surface area (Å²) in [6.07, 6.45) is -0.0530. The third-order valence-corrected chi connectivity index (χ3v) is 4.79. The second-order valence-electron chi connectivity index (χ2n) is 6.55. The Morgan fingerprint density at radius 1 is 1.00 bits per heavy atom. The fourth-order valence-electron chi connectivity index (χ4n) is 2.64. The molecule has 0 unspecified atom stereocenters. The van der Waals surface area contributed by atoms with Gasteiger partial charge in [-0.1, -0.05) is 11.8 Å². The van der Waals surface area contributed by atoms with E-state index in [9.17, 15) is 9.59 Å². The van der Waals surface area contributed by atoms with Gasteiger partial charge in [0.1, 0.15) is 17.2 Å². The Labute approximate surface area is 173 Å². The van der Waals surface area contributed by atoms with Gasteiger partial charge in [0, 0.05) is 30.0 Å². The van der Waals surface area contributed by atoms with Crippen molar-refractivity contribution in [3.05, 3.63) is 53.6 Å². The molecule has 1 aliphatic heterocycles. The summed E-state index contributed by atoms with van der Waals surface area (Å²) in [6.45, 7) is 4.53. The highest BCUT2D eigenvalue weighted by Crippen LogP contribution is 2.28. The number of amides is 2. The van der Waals surface area contributed by atoms with Crippen LogP contribution in [0.1, 0.15) is 34.6 Å². The lowest BCUT2D eigenvalue weighted by Gasteiger charge is -2.14. The van der Waals surface area contributed by atoms with E-state index in [0.717, 1.165) is 5.75 Å². The summed E-state index contributed by atoms with van der Waals surface area (Å²) >= 11 is 1.52. The molecule has 0 bridgehead atoms. The molecule has 2 amide bonds. The number of thioether (sulfide) groups is 1. The van der Waals surface area contributed by atoms with Crippen molar-refractivity contribution < 1.29 is 19.1 Å². The molecule has 0 spiro atoms. The van der Waals surface area contributed by atoms with Crippen LogP contribution in [-0.2, 0) is 0 Å². The predicted octanol–water partition coefficient (Wildman–Crippen LogP) is 3.46. The fourth-order valence-corrected chi connectivity index (χ4v) is 3.36. The minimum absolute atomic E-state index is 0.0530. The maximum atomic E-state index is 12.6. The van der Waals surface area contributed by atoms with Crippen LogP contribution >= 0.6 is 11.8 Å². The van der Waals surface area contributed by atoms with Crippen LogP contribution in [0.3, 0.4) is 0 Å². The van der Waals surface area contributed by atoms with Gasteiger partial charge in [-0.15, -0.1) is 0 Å². The van der Waals surface area contributed by atoms with E-state index in [1.165, 1.54) is 11.8 Å². The van der Waals surface area contributed by atoms with Crippen LogP contribution in [0.2, 0.25) is 0 Å². The number of rotatable bonds is 6. The van der Waals surface area contributed by atoms with Crippen molar-refractivity contribution in [3.8, 4) is 17.2 Å². The molecule has 152 valence electrons. The summed E-state index contributed by atoms with van der Waals surface area (Å²) in [5, 5.41) is 6.01. The number of nitrogens with zero attached hydrogens (tertiary/aromatic N) is 1. The standard InChI is InChI=1S/C21H23N3O4S/c1-13(2)27-17-10-15(20(26)24-21-23-8-9-29-21)11-18(12-17)28-16-6-4-14(5-7-16)19(25)22-3/h4-7,10-13H,8-9H2,1-3H3,(H,22,25)(H,23,24,26). The first kappa shape index (κ1) is 20.7. The Morgan fingerprint density at radius 3 is 2.34 bits per heavy atom. The number of hydrogen-bond acceptors (Lipinski definition) is 6. The van der Waals surface area contributed by atoms with Crippen LogP contribution in [0.15, 0.2) is 47.5 Å². The molecule has 0 aliphatic carbocycles. The normalized spacial score (nSPS) is 13.0. The number of aliphatic imine (C=N–C) groups is 1. The topological polar surface area (TPSA) is 89.0 Å². The van der Waals surface area contributed by atoms with Crippen LogP contribution < -0.4 is 20.1 Å². The Hall–Kier alpha value is -3.00. The lowest BCUT2D eigenvalue weighted by molar-refractivity contribution is 0.0959. The zero-order valence-corrected chi connectivity index (χ0v) is 17.3. The van der Waals surface area contributed by atoms with Gasteiger partial charge in [-0.3, -0.25) is 14.6 Å². The molecule has 0 atom stereocenters. The van der Waals surface area contributed by atoms with E-state index < -0.39 is 0 Å². The van der Waals surface area contributed by atoms with Crippen molar-refractivity contribution in [2.24, 2.45) is 4.99 Å². The molecule has 7 nitrogen and oxygen atoms in total. The van der Waals surface area contributed by atoms with Crippen molar-refractivity contribution in [1.82, 2.24) is 10.6 Å². The number of carbonyl (C=O) groups excluding carboxylic acids is 2. The van der Waals surface area contributed by atoms with Gasteiger partial charge in [0.25, 0.3) is 11.8 Å². The zero-order chi connectivity index (χ0) is 20.8. The predicted molar refractivity (Wildman–Crippen MR) is 114 cm³/mol. The molecule has 29 heavy (non-hydrogen) atoms. The molecule has 1 heterocycles. The second kappa shape index (κ2) is 9.47. The number of benzene rings is 2. The van der Waals surface area contributed by atoms with Crippen LogP contribution in [0.4, 0.5) is 0 Å². The highest BCUT2D eigenvalue weighted by Gasteiger charge is 2.16. The lowest BCUT2D eigenvalue weighted by Crippen LogP contribution is -2.27. The average Bonchev–Trinajstić information content (AvgIpc) is 3.20. The summed E-state index contributed by atoms with van der Waals surface area (Å²) < 4.78 is 11.7. The summed E-state index contributed by atoms with van der Waals surface area (Å²) in [6, 6.07) is 11.8. The monoisotopic (exact) mass is 413 g/mol. The van der Waals surface area contributed by atoms with Crippen molar-refractivity contribution in [2.45, 2.75) is 20.0 Å². The quantitative estimate of drug-likeness (QED) is 0.757. The summed E-state index contributed by atoms with van der Waals surface area (Å²) in [7, 11) is 1.58. The highest BCUT2D eigenvalue weighted by atomic mass is 32.2. The van der Waals surface area contributed by atoms with Gasteiger partial charge in [0.2, 0.25) is 0 Å². The van der Waals surface area contributed by atoms with Gasteiger partial charge >= 0.3 is 0 Å². The van der Waals surface area contributed by atoms with Crippen LogP contribution in [0, 0.1) is 0 Å². The van der Waals surface area contributed by atoms with Gasteiger partial charge in [-0.25, -0.2) is 0 Å². The summed E-state index contributed by atoms with van der Waals surface area (Å²) in [5.41, 5.74) is 0.946. The minimum Gasteiger partial charge on any atom is -0.491 e. The van der Waals surface area contributed by atoms with Gasteiger partial charge in [0.15, 0.2) is 5.17 Å². The summed E-state index contributed by atoms with van der Waals surface area (Å²) in [5.74, 6) is 1.96. The number of ether oxygens (including phenoxy) is 2. The van der Waals surface area contributed by atoms with Gasteiger partial charge in [-0.2, -0.15) is 0 Å². The molecule has 0 fully saturated rings. The first-order valence-electron chi connectivity index (χ1n) is 9.25. The number of amidine groups is 1. The van der Waals surface area contributed by atoms with Crippen LogP contribution in [0.25, 0.3) is 0 Å². The maximum absolute atomic E-state index is 12.6. The Balaban J connectivity index is 1.82. The molecule has 2 N–H and O–H groups in total. The zero-order valence-electron chi connectivity index (χ0n) is 16.5. The number of carbonyl (C=O) groups is 2. The molecule has 0 saturated heterocycles. The van der Waals surface area contributed by atoms with Crippen molar-refractivity contribution >= 4 is 28.7 Å². The molecule has 0 aromatic heterocycles. The molecular weight excluding hydrogens is 390 g/mol. The van der Waals surface area contributed by atoms with E-state index in [1.54, 1.807) is 49.5 Å². The van der Waals surface area contributed by atoms with E-state index in [1.807, 2.05) is 13.8 Å². The Bertz CT molecular complexity index is 926. The number of nitrogens with one attached hydrogen (secondary N) is 2. The second-order valence-corrected chi connectivity index (χ2v) is 7.64. The molecule has 1 aliphatic rings. The van der Waals surface area contributed by atoms with Gasteiger partial charge in [0.05, 0.1) is 12.6 Å². The molecule has 2 aromatic carbocycles. The average molecular weight is 413 g/mol. The molecule has 3 rings (SSSR count). The summed E-state index contributed by atoms with van der Waals surface area (Å²) in [4.78, 5) is 28.5. The first-order valence-corrected chi connectivity index (χ1v) is 10.2. The van der Waals surface area contributed by atoms with E-state index in [0.29, 0.717) is 40.1 Å². The smallest absolute Gasteiger partial charge is 0.257 e. The lowest BCUT2D eigenvalue weighted by atomic mass is 10.1. The van der Waals surface area contributed by atoms with Crippen molar-refractivity contribution in [2.75, 3.05) is 19.3 Å². The van der Waals surface area contributed by atoms with Crippen LogP contribution in [0.5, 0.6) is 17.2 Å². The molecule has 8 heteroatoms. The van der Waals surface area contributed by atoms with E-state index >= 15 is 0 Å². The van der Waals surface area contributed by atoms with E-state index in [4.69, 9.17) is 9.47 Å². The first-order chi connectivity index (χ1) is 13.9. The Kier molecular flexibility index (Phi) is 6.77. The molecule has 2 aromatic rings. The van der Waals surface area contributed by atoms with Crippen LogP contribution in [-0.4, -0.2) is 42.4 Å². The fraction of sp³-hybridized carbons (Fsp3) is 0.286. The minimum atomic E-state index is -0.271. The largest absolute Gasteiger partial charge is 0.491 e. The van der Waals surface area contributed by atoms with Crippen molar-refractivity contribution in [1.29, 1.82) is 0 Å². The third-order valence-electron chi connectivity index (χ3n) is 3.90. The van der Waals surface area contributed by atoms with Gasteiger partial charge < -0.3 is 20.1 Å². The van der Waals surface area contributed by atoms with Gasteiger partial charge in [-0.05, 0) is 50.2 Å². The van der Waals surface area contributed by atoms with Crippen molar-refractivity contribution in [3.63, 3.8) is 0 Å². The SMILES string of the molecule is CNC(=O)c1ccc(Oc2cc(OC(C)C)cc(C(=O)NC3=NCCS3)c2)cc1. The van der Waals surface area contributed by atoms with E-state index in [2.05, 4.69) is 15.6 Å².